The number of nitrogens with zero attached hydrogens (tertiary/aromatic N) is 1. The third-order valence-corrected chi connectivity index (χ3v) is 16.0. The molecule has 0 saturated heterocycles. The molecule has 0 saturated carbocycles. The highest BCUT2D eigenvalue weighted by Gasteiger charge is 2.28. The second kappa shape index (κ2) is 24.7. The van der Waals surface area contributed by atoms with Gasteiger partial charge < -0.3 is 5.32 Å². The minimum Gasteiger partial charge on any atom is -0.363 e. The zero-order valence-corrected chi connectivity index (χ0v) is 47.5. The number of hydrogen-bond acceptors (Lipinski definition) is 1. The Balaban J connectivity index is 1.19. The lowest BCUT2D eigenvalue weighted by Crippen LogP contribution is -2.27. The average molecular weight is 1090 g/mol. The quantitative estimate of drug-likeness (QED) is 0.0803. The summed E-state index contributed by atoms with van der Waals surface area (Å²) in [5.74, 6) is 0.734. The molecule has 0 heterocycles. The Morgan fingerprint density at radius 2 is 0.529 bits per heavy atom. The molecule has 1 atom stereocenters. The highest BCUT2D eigenvalue weighted by molar-refractivity contribution is 6.11. The molecule has 0 bridgehead atoms. The molecule has 0 spiro atoms. The molecule has 2 nitrogen and oxygen atoms in total. The maximum absolute atomic E-state index is 5.33. The van der Waals surface area contributed by atoms with Gasteiger partial charge in [-0.2, -0.15) is 0 Å². The van der Waals surface area contributed by atoms with E-state index in [1.165, 1.54) is 16.7 Å². The molecule has 0 aromatic heterocycles. The predicted molar refractivity (Wildman–Crippen MR) is 361 cm³/mol. The van der Waals surface area contributed by atoms with Gasteiger partial charge in [-0.1, -0.05) is 310 Å². The van der Waals surface area contributed by atoms with Gasteiger partial charge >= 0.3 is 0 Å². The first-order valence-corrected chi connectivity index (χ1v) is 29.2. The third kappa shape index (κ3) is 11.3. The van der Waals surface area contributed by atoms with E-state index in [-0.39, 0.29) is 6.04 Å². The summed E-state index contributed by atoms with van der Waals surface area (Å²) in [6, 6.07) is 120. The van der Waals surface area contributed by atoms with E-state index >= 15 is 0 Å². The van der Waals surface area contributed by atoms with Gasteiger partial charge in [-0.05, 0) is 160 Å². The van der Waals surface area contributed by atoms with E-state index in [1.54, 1.807) is 0 Å². The summed E-state index contributed by atoms with van der Waals surface area (Å²) in [4.78, 5) is 5.33. The largest absolute Gasteiger partial charge is 0.363 e. The van der Waals surface area contributed by atoms with Crippen LogP contribution in [0.4, 0.5) is 0 Å². The number of benzene rings is 13. The van der Waals surface area contributed by atoms with Crippen LogP contribution in [0.15, 0.2) is 345 Å². The maximum Gasteiger partial charge on any atom is 0.134 e. The molecular weight excluding hydrogens is 1020 g/mol. The first-order valence-electron chi connectivity index (χ1n) is 29.2. The van der Waals surface area contributed by atoms with Crippen molar-refractivity contribution in [1.82, 2.24) is 5.32 Å². The number of aliphatic imine (C=N–C) groups is 1. The van der Waals surface area contributed by atoms with Crippen molar-refractivity contribution in [3.05, 3.63) is 357 Å². The van der Waals surface area contributed by atoms with E-state index < -0.39 is 0 Å². The van der Waals surface area contributed by atoms with Gasteiger partial charge in [0.15, 0.2) is 0 Å². The van der Waals surface area contributed by atoms with Gasteiger partial charge in [0.05, 0.1) is 11.7 Å². The summed E-state index contributed by atoms with van der Waals surface area (Å²) < 4.78 is 0. The van der Waals surface area contributed by atoms with Crippen molar-refractivity contribution in [2.24, 2.45) is 4.99 Å². The molecule has 85 heavy (non-hydrogen) atoms. The van der Waals surface area contributed by atoms with E-state index in [9.17, 15) is 0 Å². The lowest BCUT2D eigenvalue weighted by molar-refractivity contribution is 0.718. The second-order valence-corrected chi connectivity index (χ2v) is 21.5. The molecule has 13 aromatic carbocycles. The zero-order valence-electron chi connectivity index (χ0n) is 47.5. The van der Waals surface area contributed by atoms with E-state index in [1.807, 2.05) is 18.2 Å². The molecule has 1 unspecified atom stereocenters. The molecule has 0 fully saturated rings. The van der Waals surface area contributed by atoms with Gasteiger partial charge in [0.25, 0.3) is 0 Å². The average Bonchev–Trinajstić information content (AvgIpc) is 1.80. The van der Waals surface area contributed by atoms with Gasteiger partial charge in [0.1, 0.15) is 5.84 Å². The van der Waals surface area contributed by atoms with Crippen LogP contribution in [-0.2, 0) is 0 Å². The lowest BCUT2D eigenvalue weighted by atomic mass is 9.76. The molecule has 2 heteroatoms. The van der Waals surface area contributed by atoms with Crippen molar-refractivity contribution in [3.8, 4) is 111 Å². The fraction of sp³-hybridized carbons (Fsp3) is 0.0241. The van der Waals surface area contributed by atoms with Crippen LogP contribution in [0, 0.1) is 0 Å². The van der Waals surface area contributed by atoms with Gasteiger partial charge in [0, 0.05) is 5.56 Å². The molecule has 0 aliphatic rings. The molecule has 0 amide bonds. The molecule has 404 valence electrons. The SMILES string of the molecule is C=C(N=C(NC(C)c1cc(-c2cc(-c3ccccc3)c(-c3ccccc3)c(-c3ccccc3)c2-c2ccccc2)cc(-c2c(-c3ccccc3)cc(-c3ccccc3)c(-c3ccccc3)c2-c2ccccc2)c1)c1ccccc1)c1ccccc1. The molecule has 1 N–H and O–H groups in total. The summed E-state index contributed by atoms with van der Waals surface area (Å²) in [7, 11) is 0. The Bertz CT molecular complexity index is 4430. The van der Waals surface area contributed by atoms with Crippen LogP contribution in [0.5, 0.6) is 0 Å². The maximum atomic E-state index is 5.33. The van der Waals surface area contributed by atoms with Crippen LogP contribution in [0.3, 0.4) is 0 Å². The first kappa shape index (κ1) is 53.4. The Kier molecular flexibility index (Phi) is 15.5. The number of amidine groups is 1. The van der Waals surface area contributed by atoms with E-state index in [2.05, 4.69) is 334 Å². The minimum absolute atomic E-state index is 0.273. The van der Waals surface area contributed by atoms with Crippen LogP contribution >= 0.6 is 0 Å². The molecule has 13 rings (SSSR count). The highest BCUT2D eigenvalue weighted by Crippen LogP contribution is 2.54. The molecule has 0 radical (unpaired) electrons. The van der Waals surface area contributed by atoms with Gasteiger partial charge in [-0.3, -0.25) is 0 Å². The van der Waals surface area contributed by atoms with E-state index in [4.69, 9.17) is 4.99 Å². The number of hydrogen-bond donors (Lipinski definition) is 1. The van der Waals surface area contributed by atoms with Crippen molar-refractivity contribution in [3.63, 3.8) is 0 Å². The number of nitrogens with one attached hydrogen (secondary N) is 1. The zero-order chi connectivity index (χ0) is 57.3. The Morgan fingerprint density at radius 1 is 0.271 bits per heavy atom. The fourth-order valence-corrected chi connectivity index (χ4v) is 12.0. The Labute approximate surface area is 500 Å². The second-order valence-electron chi connectivity index (χ2n) is 21.5. The summed E-state index contributed by atoms with van der Waals surface area (Å²) in [5.41, 5.74) is 26.4. The van der Waals surface area contributed by atoms with Gasteiger partial charge in [-0.25, -0.2) is 4.99 Å². The topological polar surface area (TPSA) is 24.4 Å². The first-order chi connectivity index (χ1) is 42.0. The highest BCUT2D eigenvalue weighted by atomic mass is 15.0. The smallest absolute Gasteiger partial charge is 0.134 e. The monoisotopic (exact) mass is 1090 g/mol. The van der Waals surface area contributed by atoms with E-state index in [0.717, 1.165) is 117 Å². The molecule has 0 aliphatic carbocycles. The number of rotatable bonds is 15. The van der Waals surface area contributed by atoms with Crippen LogP contribution in [0.2, 0.25) is 0 Å². The third-order valence-electron chi connectivity index (χ3n) is 16.0. The van der Waals surface area contributed by atoms with Crippen LogP contribution in [0.25, 0.3) is 117 Å². The van der Waals surface area contributed by atoms with Gasteiger partial charge in [-0.15, -0.1) is 0 Å². The minimum atomic E-state index is -0.273. The fourth-order valence-electron chi connectivity index (χ4n) is 12.0. The van der Waals surface area contributed by atoms with Crippen molar-refractivity contribution in [1.29, 1.82) is 0 Å². The normalized spacial score (nSPS) is 11.7. The van der Waals surface area contributed by atoms with Crippen molar-refractivity contribution in [2.45, 2.75) is 13.0 Å². The standard InChI is InChI=1S/C83H62N2/c1-58(60-33-13-3-14-34-60)84-83(69-51-31-12-32-52-69)85-59(2)70-53-71(76-57-74(62-37-17-5-18-38-62)77(64-41-21-7-22-42-64)81(67-47-27-10-28-48-67)79(76)66-45-25-9-26-46-66)55-72(54-70)80-75(63-39-19-6-20-40-63)56-73(61-35-15-4-16-36-61)78(65-43-23-8-24-44-65)82(80)68-49-29-11-30-50-68/h3-57,59H,1H2,2H3,(H,84,85). The van der Waals surface area contributed by atoms with Crippen molar-refractivity contribution >= 4 is 11.5 Å². The molecule has 0 aliphatic heterocycles. The molecular formula is C83H62N2. The summed E-state index contributed by atoms with van der Waals surface area (Å²) in [6.07, 6.45) is 0. The van der Waals surface area contributed by atoms with Crippen molar-refractivity contribution in [2.75, 3.05) is 0 Å². The summed E-state index contributed by atoms with van der Waals surface area (Å²) in [6.45, 7) is 6.79. The van der Waals surface area contributed by atoms with Crippen LogP contribution in [0.1, 0.15) is 29.7 Å². The van der Waals surface area contributed by atoms with E-state index in [0.29, 0.717) is 5.70 Å². The Hall–Kier alpha value is -10.9. The predicted octanol–water partition coefficient (Wildman–Crippen LogP) is 22.1. The van der Waals surface area contributed by atoms with Gasteiger partial charge in [0.2, 0.25) is 0 Å². The Morgan fingerprint density at radius 3 is 0.871 bits per heavy atom. The van der Waals surface area contributed by atoms with Crippen LogP contribution < -0.4 is 5.32 Å². The molecule has 13 aromatic rings. The summed E-state index contributed by atoms with van der Waals surface area (Å²) >= 11 is 0. The summed E-state index contributed by atoms with van der Waals surface area (Å²) in [5, 5.41) is 4.01. The lowest BCUT2D eigenvalue weighted by Gasteiger charge is -2.27. The van der Waals surface area contributed by atoms with Crippen LogP contribution in [-0.4, -0.2) is 5.84 Å². The van der Waals surface area contributed by atoms with Crippen molar-refractivity contribution < 1.29 is 0 Å².